The number of phenolic OH excluding ortho intramolecular Hbond substituents is 1. The summed E-state index contributed by atoms with van der Waals surface area (Å²) >= 11 is 0. The molecule has 1 aliphatic heterocycles. The Balaban J connectivity index is 1.41. The summed E-state index contributed by atoms with van der Waals surface area (Å²) in [6, 6.07) is 9.34. The van der Waals surface area contributed by atoms with Crippen LogP contribution in [0.4, 0.5) is 0 Å². The van der Waals surface area contributed by atoms with E-state index in [-0.39, 0.29) is 78.3 Å². The van der Waals surface area contributed by atoms with Gasteiger partial charge in [0, 0.05) is 49.4 Å². The number of aryl methyl sites for hydroxylation is 1. The number of rotatable bonds is 17. The Morgan fingerprint density at radius 3 is 2.18 bits per heavy atom. The van der Waals surface area contributed by atoms with Gasteiger partial charge in [-0.3, -0.25) is 19.2 Å². The van der Waals surface area contributed by atoms with Crippen LogP contribution in [0.1, 0.15) is 71.9 Å². The van der Waals surface area contributed by atoms with Crippen molar-refractivity contribution in [1.82, 2.24) is 30.8 Å². The maximum atomic E-state index is 14.7. The van der Waals surface area contributed by atoms with E-state index in [1.165, 1.54) is 50.0 Å². The molecule has 2 heterocycles. The van der Waals surface area contributed by atoms with Gasteiger partial charge in [-0.05, 0) is 86.0 Å². The van der Waals surface area contributed by atoms with Gasteiger partial charge in [-0.1, -0.05) is 37.3 Å². The van der Waals surface area contributed by atoms with Gasteiger partial charge < -0.3 is 68.0 Å². The van der Waals surface area contributed by atoms with Gasteiger partial charge in [0.2, 0.25) is 17.7 Å². The van der Waals surface area contributed by atoms with E-state index in [4.69, 9.17) is 26.7 Å². The number of benzene rings is 3. The standard InChI is InChI=1S/C47H59N9O11/c1-24-34(21-51-41(52-24)27-6-8-29(9-7-27)47(3)12-13-47)43(61)54-35(11-14-48)45(63)56(4)39-28-17-33(40(59)38(18-28)67-23-31(58)20-50)32-15-26(5-10-37(32)66-22-30(57)19-49)16-36(46(64)65)55-42(60)25(2)53-44(39)62/h5-10,15,17-18,21,25,30-31,35-36,39,57-59H,11-14,16,19-20,22-23,48-50H2,1-4H3,(H,53,62)(H,54,61)(H,55,60)(H,64,65)/t25-,30+,31+,35-,36-,39-/m0/s1. The maximum absolute atomic E-state index is 14.7. The molecule has 0 radical (unpaired) electrons. The molecule has 4 amide bonds. The van der Waals surface area contributed by atoms with E-state index >= 15 is 0 Å². The number of fused-ring (bicyclic) bond motifs is 5. The largest absolute Gasteiger partial charge is 0.504 e. The molecule has 20 heteroatoms. The van der Waals surface area contributed by atoms with Crippen LogP contribution < -0.4 is 42.6 Å². The molecule has 2 aliphatic rings. The molecule has 1 aromatic heterocycles. The molecule has 1 saturated carbocycles. The van der Waals surface area contributed by atoms with Crippen molar-refractivity contribution in [3.63, 3.8) is 0 Å². The van der Waals surface area contributed by atoms with E-state index in [1.54, 1.807) is 13.0 Å². The van der Waals surface area contributed by atoms with Crippen LogP contribution in [0.25, 0.3) is 22.5 Å². The third-order valence-electron chi connectivity index (χ3n) is 12.1. The van der Waals surface area contributed by atoms with Gasteiger partial charge in [0.25, 0.3) is 5.91 Å². The van der Waals surface area contributed by atoms with Gasteiger partial charge in [-0.2, -0.15) is 0 Å². The summed E-state index contributed by atoms with van der Waals surface area (Å²) in [5.74, 6) is -4.93. The normalized spacial score (nSPS) is 19.1. The fourth-order valence-corrected chi connectivity index (χ4v) is 7.65. The van der Waals surface area contributed by atoms with Gasteiger partial charge >= 0.3 is 5.97 Å². The van der Waals surface area contributed by atoms with Crippen molar-refractivity contribution >= 4 is 29.6 Å². The number of carboxylic acid groups (broad SMARTS) is 1. The second kappa shape index (κ2) is 21.3. The van der Waals surface area contributed by atoms with E-state index in [1.807, 2.05) is 12.1 Å². The first-order valence-corrected chi connectivity index (χ1v) is 22.0. The third-order valence-corrected chi connectivity index (χ3v) is 12.1. The number of aromatic nitrogens is 2. The summed E-state index contributed by atoms with van der Waals surface area (Å²) in [7, 11) is 1.29. The number of aliphatic hydroxyl groups excluding tert-OH is 2. The highest BCUT2D eigenvalue weighted by Gasteiger charge is 2.39. The van der Waals surface area contributed by atoms with E-state index in [0.717, 1.165) is 23.3 Å². The molecule has 6 atom stereocenters. The van der Waals surface area contributed by atoms with Crippen molar-refractivity contribution in [3.05, 3.63) is 88.7 Å². The number of nitrogens with two attached hydrogens (primary N) is 3. The molecule has 13 N–H and O–H groups in total. The van der Waals surface area contributed by atoms with Crippen molar-refractivity contribution in [2.75, 3.05) is 39.9 Å². The molecular formula is C47H59N9O11. The lowest BCUT2D eigenvalue weighted by Gasteiger charge is -2.33. The van der Waals surface area contributed by atoms with Crippen LogP contribution in [-0.4, -0.2) is 135 Å². The second-order valence-electron chi connectivity index (χ2n) is 17.3. The molecule has 4 aromatic rings. The zero-order valence-corrected chi connectivity index (χ0v) is 37.8. The van der Waals surface area contributed by atoms with Crippen LogP contribution in [0.3, 0.4) is 0 Å². The Labute approximate surface area is 387 Å². The van der Waals surface area contributed by atoms with E-state index in [9.17, 15) is 44.4 Å². The first-order valence-electron chi connectivity index (χ1n) is 22.0. The number of aliphatic carboxylic acids is 1. The number of amides is 4. The molecule has 0 unspecified atom stereocenters. The minimum atomic E-state index is -1.65. The molecule has 358 valence electrons. The molecule has 6 rings (SSSR count). The van der Waals surface area contributed by atoms with Crippen molar-refractivity contribution in [1.29, 1.82) is 0 Å². The summed E-state index contributed by atoms with van der Waals surface area (Å²) in [5.41, 5.74) is 20.3. The van der Waals surface area contributed by atoms with Crippen LogP contribution in [-0.2, 0) is 31.0 Å². The average Bonchev–Trinajstić information content (AvgIpc) is 4.07. The van der Waals surface area contributed by atoms with Crippen molar-refractivity contribution < 1.29 is 53.9 Å². The first-order chi connectivity index (χ1) is 31.9. The molecule has 20 nitrogen and oxygen atoms in total. The number of ether oxygens (including phenoxy) is 2. The van der Waals surface area contributed by atoms with Crippen molar-refractivity contribution in [3.8, 4) is 39.8 Å². The highest BCUT2D eigenvalue weighted by Crippen LogP contribution is 2.48. The summed E-state index contributed by atoms with van der Waals surface area (Å²) < 4.78 is 11.8. The SMILES string of the molecule is Cc1nc(-c2ccc(C3(C)CC3)cc2)ncc1C(=O)N[C@@H](CCN)C(=O)N(C)[C@@H]1C(=O)N[C@@H](C)C(=O)N[C@H](C(=O)O)Cc2ccc(OC[C@H](O)CN)c(c2)-c2cc1cc(OC[C@H](O)CN)c2O. The molecule has 0 spiro atoms. The number of hydrogen-bond acceptors (Lipinski definition) is 15. The number of carbonyl (C=O) groups is 5. The predicted octanol–water partition coefficient (Wildman–Crippen LogP) is 0.550. The van der Waals surface area contributed by atoms with Gasteiger partial charge in [0.15, 0.2) is 17.3 Å². The second-order valence-corrected chi connectivity index (χ2v) is 17.3. The summed E-state index contributed by atoms with van der Waals surface area (Å²) in [4.78, 5) is 79.3. The lowest BCUT2D eigenvalue weighted by molar-refractivity contribution is -0.143. The molecule has 67 heavy (non-hydrogen) atoms. The fraction of sp³-hybridized carbons (Fsp3) is 0.426. The Bertz CT molecular complexity index is 2480. The van der Waals surface area contributed by atoms with Crippen molar-refractivity contribution in [2.24, 2.45) is 17.2 Å². The Hall–Kier alpha value is -6.71. The van der Waals surface area contributed by atoms with Gasteiger partial charge in [0.05, 0.1) is 11.3 Å². The van der Waals surface area contributed by atoms with E-state index in [0.29, 0.717) is 17.1 Å². The fourth-order valence-electron chi connectivity index (χ4n) is 7.65. The Kier molecular flexibility index (Phi) is 15.8. The number of aliphatic hydroxyl groups is 2. The lowest BCUT2D eigenvalue weighted by atomic mass is 9.93. The number of nitrogens with zero attached hydrogens (tertiary/aromatic N) is 3. The van der Waals surface area contributed by atoms with E-state index in [2.05, 4.69) is 45.0 Å². The molecule has 3 aromatic carbocycles. The Morgan fingerprint density at radius 2 is 1.58 bits per heavy atom. The zero-order valence-electron chi connectivity index (χ0n) is 37.8. The average molecular weight is 926 g/mol. The summed E-state index contributed by atoms with van der Waals surface area (Å²) in [5, 5.41) is 50.4. The quantitative estimate of drug-likeness (QED) is 0.0691. The minimum absolute atomic E-state index is 0.0155. The van der Waals surface area contributed by atoms with E-state index < -0.39 is 78.3 Å². The molecule has 4 bridgehead atoms. The Morgan fingerprint density at radius 1 is 0.925 bits per heavy atom. The number of carbonyl (C=O) groups excluding carboxylic acids is 4. The predicted molar refractivity (Wildman–Crippen MR) is 245 cm³/mol. The first kappa shape index (κ1) is 49.7. The maximum Gasteiger partial charge on any atom is 0.326 e. The molecule has 1 fully saturated rings. The van der Waals surface area contributed by atoms with Gasteiger partial charge in [-0.15, -0.1) is 0 Å². The zero-order chi connectivity index (χ0) is 48.7. The number of hydrogen-bond donors (Lipinski definition) is 10. The molecule has 1 aliphatic carbocycles. The van der Waals surface area contributed by atoms with Gasteiger partial charge in [-0.25, -0.2) is 14.8 Å². The third kappa shape index (κ3) is 11.6. The highest BCUT2D eigenvalue weighted by atomic mass is 16.5. The number of carboxylic acids is 1. The number of nitrogens with one attached hydrogen (secondary N) is 3. The monoisotopic (exact) mass is 925 g/mol. The van der Waals surface area contributed by atoms with Crippen molar-refractivity contribution in [2.45, 2.75) is 88.2 Å². The molecule has 0 saturated heterocycles. The topological polar surface area (TPSA) is 328 Å². The van der Waals surface area contributed by atoms with Crippen LogP contribution in [0, 0.1) is 6.92 Å². The van der Waals surface area contributed by atoms with Crippen LogP contribution in [0.2, 0.25) is 0 Å². The minimum Gasteiger partial charge on any atom is -0.504 e. The van der Waals surface area contributed by atoms with Gasteiger partial charge in [0.1, 0.15) is 55.3 Å². The number of likely N-dealkylation sites (N-methyl/N-ethyl adjacent to an activating group) is 1. The highest BCUT2D eigenvalue weighted by molar-refractivity contribution is 6.00. The van der Waals surface area contributed by atoms with Crippen LogP contribution in [0.15, 0.2) is 60.8 Å². The number of phenols is 1. The lowest BCUT2D eigenvalue weighted by Crippen LogP contribution is -2.55. The van der Waals surface area contributed by atoms with Crippen LogP contribution in [0.5, 0.6) is 17.2 Å². The smallest absolute Gasteiger partial charge is 0.326 e. The van der Waals surface area contributed by atoms with Crippen LogP contribution >= 0.6 is 0 Å². The summed E-state index contributed by atoms with van der Waals surface area (Å²) in [6.45, 7) is 4.05. The summed E-state index contributed by atoms with van der Waals surface area (Å²) in [6.07, 6.45) is 1.00. The molecular weight excluding hydrogens is 867 g/mol. The number of aromatic hydroxyl groups is 1.